The molecule has 0 spiro atoms. The van der Waals surface area contributed by atoms with E-state index in [0.29, 0.717) is 6.42 Å². The number of hydrogen-bond donors (Lipinski definition) is 1. The maximum absolute atomic E-state index is 5.72. The Kier molecular flexibility index (Phi) is 3.97. The van der Waals surface area contributed by atoms with Crippen LogP contribution in [-0.2, 0) is 12.8 Å². The van der Waals surface area contributed by atoms with E-state index in [4.69, 9.17) is 10.2 Å². The maximum atomic E-state index is 5.72. The molecular formula is C13H15BrN2O. The van der Waals surface area contributed by atoms with Crippen LogP contribution in [0, 0.1) is 0 Å². The largest absolute Gasteiger partial charge is 0.448 e. The first-order valence-electron chi connectivity index (χ1n) is 5.57. The third-order valence-electron chi connectivity index (χ3n) is 2.37. The van der Waals surface area contributed by atoms with Gasteiger partial charge in [-0.15, -0.1) is 0 Å². The predicted molar refractivity (Wildman–Crippen MR) is 70.8 cm³/mol. The van der Waals surface area contributed by atoms with Crippen LogP contribution in [0.15, 0.2) is 39.4 Å². The summed E-state index contributed by atoms with van der Waals surface area (Å²) in [4.78, 5) is 4.41. The molecule has 17 heavy (non-hydrogen) atoms. The van der Waals surface area contributed by atoms with E-state index in [1.54, 1.807) is 6.26 Å². The van der Waals surface area contributed by atoms with Gasteiger partial charge in [-0.1, -0.05) is 28.1 Å². The van der Waals surface area contributed by atoms with E-state index in [0.717, 1.165) is 22.5 Å². The molecule has 0 aliphatic rings. The Morgan fingerprint density at radius 1 is 1.47 bits per heavy atom. The molecule has 0 saturated carbocycles. The van der Waals surface area contributed by atoms with E-state index >= 15 is 0 Å². The second-order valence-electron chi connectivity index (χ2n) is 4.22. The molecule has 0 aliphatic carbocycles. The molecule has 4 heteroatoms. The zero-order chi connectivity index (χ0) is 12.3. The number of benzene rings is 1. The van der Waals surface area contributed by atoms with E-state index in [-0.39, 0.29) is 6.04 Å². The van der Waals surface area contributed by atoms with E-state index in [1.165, 1.54) is 5.56 Å². The summed E-state index contributed by atoms with van der Waals surface area (Å²) >= 11 is 3.45. The predicted octanol–water partition coefficient (Wildman–Crippen LogP) is 2.92. The van der Waals surface area contributed by atoms with Gasteiger partial charge in [0, 0.05) is 23.4 Å². The van der Waals surface area contributed by atoms with Gasteiger partial charge in [-0.2, -0.15) is 0 Å². The molecule has 1 heterocycles. The van der Waals surface area contributed by atoms with Crippen LogP contribution in [0.25, 0.3) is 0 Å². The number of halogens is 1. The number of oxazole rings is 1. The highest BCUT2D eigenvalue weighted by Crippen LogP contribution is 2.15. The van der Waals surface area contributed by atoms with Crippen molar-refractivity contribution < 1.29 is 4.42 Å². The van der Waals surface area contributed by atoms with Crippen molar-refractivity contribution >= 4 is 15.9 Å². The Balaban J connectivity index is 2.06. The third-order valence-corrected chi connectivity index (χ3v) is 2.87. The zero-order valence-corrected chi connectivity index (χ0v) is 11.3. The van der Waals surface area contributed by atoms with Crippen LogP contribution in [0.1, 0.15) is 24.1 Å². The van der Waals surface area contributed by atoms with Crippen molar-refractivity contribution in [1.82, 2.24) is 4.98 Å². The van der Waals surface area contributed by atoms with Gasteiger partial charge in [0.15, 0.2) is 5.89 Å². The lowest BCUT2D eigenvalue weighted by atomic mass is 10.1. The Morgan fingerprint density at radius 3 is 3.00 bits per heavy atom. The average molecular weight is 295 g/mol. The molecule has 1 aromatic carbocycles. The Hall–Kier alpha value is -1.13. The summed E-state index contributed by atoms with van der Waals surface area (Å²) < 4.78 is 6.49. The van der Waals surface area contributed by atoms with Crippen molar-refractivity contribution in [3.05, 3.63) is 52.1 Å². The molecule has 1 unspecified atom stereocenters. The SMILES string of the molecule is CC(N)Cc1coc(Cc2cccc(Br)c2)n1. The third kappa shape index (κ3) is 3.68. The molecule has 2 rings (SSSR count). The first kappa shape index (κ1) is 12.3. The fourth-order valence-electron chi connectivity index (χ4n) is 1.68. The summed E-state index contributed by atoms with van der Waals surface area (Å²) in [6, 6.07) is 8.24. The topological polar surface area (TPSA) is 52.0 Å². The molecule has 3 nitrogen and oxygen atoms in total. The summed E-state index contributed by atoms with van der Waals surface area (Å²) in [5.74, 6) is 0.735. The lowest BCUT2D eigenvalue weighted by molar-refractivity contribution is 0.506. The van der Waals surface area contributed by atoms with Crippen LogP contribution in [-0.4, -0.2) is 11.0 Å². The van der Waals surface area contributed by atoms with Crippen LogP contribution in [0.3, 0.4) is 0 Å². The van der Waals surface area contributed by atoms with E-state index < -0.39 is 0 Å². The molecule has 0 saturated heterocycles. The summed E-state index contributed by atoms with van der Waals surface area (Å²) in [6.07, 6.45) is 3.15. The van der Waals surface area contributed by atoms with Crippen molar-refractivity contribution in [2.45, 2.75) is 25.8 Å². The molecule has 1 aromatic heterocycles. The minimum Gasteiger partial charge on any atom is -0.448 e. The Labute approximate surface area is 109 Å². The normalized spacial score (nSPS) is 12.6. The molecule has 0 radical (unpaired) electrons. The van der Waals surface area contributed by atoms with Crippen molar-refractivity contribution in [3.63, 3.8) is 0 Å². The monoisotopic (exact) mass is 294 g/mol. The maximum Gasteiger partial charge on any atom is 0.198 e. The molecule has 0 bridgehead atoms. The Morgan fingerprint density at radius 2 is 2.29 bits per heavy atom. The van der Waals surface area contributed by atoms with Gasteiger partial charge < -0.3 is 10.2 Å². The molecule has 1 atom stereocenters. The van der Waals surface area contributed by atoms with E-state index in [9.17, 15) is 0 Å². The highest BCUT2D eigenvalue weighted by Gasteiger charge is 2.07. The first-order chi connectivity index (χ1) is 8.13. The highest BCUT2D eigenvalue weighted by atomic mass is 79.9. The molecule has 0 amide bonds. The lowest BCUT2D eigenvalue weighted by Gasteiger charge is -1.99. The zero-order valence-electron chi connectivity index (χ0n) is 9.69. The quantitative estimate of drug-likeness (QED) is 0.943. The van der Waals surface area contributed by atoms with Crippen LogP contribution in [0.2, 0.25) is 0 Å². The highest BCUT2D eigenvalue weighted by molar-refractivity contribution is 9.10. The number of rotatable bonds is 4. The van der Waals surface area contributed by atoms with Crippen LogP contribution >= 0.6 is 15.9 Å². The number of hydrogen-bond acceptors (Lipinski definition) is 3. The lowest BCUT2D eigenvalue weighted by Crippen LogP contribution is -2.17. The standard InChI is InChI=1S/C13H15BrN2O/c1-9(15)5-12-8-17-13(16-12)7-10-3-2-4-11(14)6-10/h2-4,6,8-9H,5,7,15H2,1H3. The number of nitrogens with zero attached hydrogens (tertiary/aromatic N) is 1. The molecular weight excluding hydrogens is 280 g/mol. The van der Waals surface area contributed by atoms with E-state index in [2.05, 4.69) is 33.0 Å². The summed E-state index contributed by atoms with van der Waals surface area (Å²) in [7, 11) is 0. The molecule has 2 aromatic rings. The van der Waals surface area contributed by atoms with Gasteiger partial charge in [0.1, 0.15) is 6.26 Å². The van der Waals surface area contributed by atoms with Gasteiger partial charge in [-0.25, -0.2) is 4.98 Å². The second-order valence-corrected chi connectivity index (χ2v) is 5.14. The molecule has 90 valence electrons. The smallest absolute Gasteiger partial charge is 0.198 e. The van der Waals surface area contributed by atoms with E-state index in [1.807, 2.05) is 19.1 Å². The fourth-order valence-corrected chi connectivity index (χ4v) is 2.12. The Bertz CT molecular complexity index is 494. The summed E-state index contributed by atoms with van der Waals surface area (Å²) in [5.41, 5.74) is 7.81. The minimum absolute atomic E-state index is 0.110. The molecule has 0 fully saturated rings. The van der Waals surface area contributed by atoms with Gasteiger partial charge in [0.2, 0.25) is 0 Å². The minimum atomic E-state index is 0.110. The first-order valence-corrected chi connectivity index (χ1v) is 6.36. The van der Waals surface area contributed by atoms with Gasteiger partial charge in [-0.05, 0) is 24.6 Å². The molecule has 2 N–H and O–H groups in total. The fraction of sp³-hybridized carbons (Fsp3) is 0.308. The number of aromatic nitrogens is 1. The van der Waals surface area contributed by atoms with Gasteiger partial charge in [0.05, 0.1) is 5.69 Å². The van der Waals surface area contributed by atoms with Gasteiger partial charge in [-0.3, -0.25) is 0 Å². The number of nitrogens with two attached hydrogens (primary N) is 1. The second kappa shape index (κ2) is 5.47. The van der Waals surface area contributed by atoms with Crippen molar-refractivity contribution in [1.29, 1.82) is 0 Å². The van der Waals surface area contributed by atoms with Crippen LogP contribution in [0.5, 0.6) is 0 Å². The van der Waals surface area contributed by atoms with Gasteiger partial charge >= 0.3 is 0 Å². The van der Waals surface area contributed by atoms with Crippen molar-refractivity contribution in [2.75, 3.05) is 0 Å². The average Bonchev–Trinajstić information content (AvgIpc) is 2.64. The van der Waals surface area contributed by atoms with Crippen molar-refractivity contribution in [3.8, 4) is 0 Å². The summed E-state index contributed by atoms with van der Waals surface area (Å²) in [6.45, 7) is 1.96. The van der Waals surface area contributed by atoms with Crippen LogP contribution < -0.4 is 5.73 Å². The van der Waals surface area contributed by atoms with Crippen LogP contribution in [0.4, 0.5) is 0 Å². The van der Waals surface area contributed by atoms with Gasteiger partial charge in [0.25, 0.3) is 0 Å². The molecule has 0 aliphatic heterocycles. The van der Waals surface area contributed by atoms with Crippen molar-refractivity contribution in [2.24, 2.45) is 5.73 Å². The summed E-state index contributed by atoms with van der Waals surface area (Å²) in [5, 5.41) is 0.